The molecule has 2 rings (SSSR count). The molecule has 3 heteroatoms. The van der Waals surface area contributed by atoms with E-state index in [-0.39, 0.29) is 0 Å². The summed E-state index contributed by atoms with van der Waals surface area (Å²) in [6, 6.07) is 6.82. The Morgan fingerprint density at radius 3 is 3.15 bits per heavy atom. The fraction of sp³-hybridized carbons (Fsp3) is 0.400. The zero-order valence-corrected chi connectivity index (χ0v) is 8.97. The van der Waals surface area contributed by atoms with Gasteiger partial charge in [0.1, 0.15) is 0 Å². The minimum atomic E-state index is 0.446. The van der Waals surface area contributed by atoms with Gasteiger partial charge in [0.25, 0.3) is 0 Å². The van der Waals surface area contributed by atoms with E-state index in [0.29, 0.717) is 12.6 Å². The maximum atomic E-state index is 5.62. The van der Waals surface area contributed by atoms with E-state index >= 15 is 0 Å². The molecule has 0 aliphatic carbocycles. The van der Waals surface area contributed by atoms with E-state index in [1.54, 1.807) is 0 Å². The first kappa shape index (κ1) is 9.03. The summed E-state index contributed by atoms with van der Waals surface area (Å²) in [6.07, 6.45) is 2.28. The number of hydrogen-bond donors (Lipinski definition) is 2. The van der Waals surface area contributed by atoms with Crippen LogP contribution in [0.3, 0.4) is 0 Å². The molecule has 0 aromatic heterocycles. The molecule has 0 fully saturated rings. The number of fused-ring (bicyclic) bond motifs is 1. The molecule has 0 radical (unpaired) electrons. The first-order valence-corrected chi connectivity index (χ1v) is 5.34. The summed E-state index contributed by atoms with van der Waals surface area (Å²) in [6.45, 7) is 0.714. The van der Waals surface area contributed by atoms with Gasteiger partial charge in [-0.15, -0.1) is 0 Å². The molecule has 3 N–H and O–H groups in total. The summed E-state index contributed by atoms with van der Waals surface area (Å²) in [5.41, 5.74) is 8.25. The largest absolute Gasteiger partial charge is 0.381 e. The first-order valence-electron chi connectivity index (χ1n) is 4.54. The summed E-state index contributed by atoms with van der Waals surface area (Å²) < 4.78 is 1.12. The number of nitrogens with two attached hydrogens (primary N) is 1. The number of benzene rings is 1. The van der Waals surface area contributed by atoms with Crippen LogP contribution in [0, 0.1) is 0 Å². The highest BCUT2D eigenvalue weighted by molar-refractivity contribution is 9.10. The van der Waals surface area contributed by atoms with Gasteiger partial charge in [-0.25, -0.2) is 0 Å². The van der Waals surface area contributed by atoms with Gasteiger partial charge in [0.2, 0.25) is 0 Å². The van der Waals surface area contributed by atoms with Crippen molar-refractivity contribution in [1.29, 1.82) is 0 Å². The highest BCUT2D eigenvalue weighted by Gasteiger charge is 2.15. The van der Waals surface area contributed by atoms with Crippen LogP contribution in [0.1, 0.15) is 12.0 Å². The standard InChI is InChI=1S/C10H13BrN2/c11-8-3-1-7-2-4-9(6-12)13-10(7)5-8/h1,3,5,9,13H,2,4,6,12H2. The van der Waals surface area contributed by atoms with Crippen molar-refractivity contribution in [2.75, 3.05) is 11.9 Å². The van der Waals surface area contributed by atoms with Crippen molar-refractivity contribution < 1.29 is 0 Å². The lowest BCUT2D eigenvalue weighted by molar-refractivity contribution is 0.639. The Hall–Kier alpha value is -0.540. The highest BCUT2D eigenvalue weighted by Crippen LogP contribution is 2.27. The van der Waals surface area contributed by atoms with E-state index in [0.717, 1.165) is 17.3 Å². The van der Waals surface area contributed by atoms with Crippen LogP contribution in [-0.4, -0.2) is 12.6 Å². The minimum absolute atomic E-state index is 0.446. The molecule has 1 aromatic rings. The zero-order chi connectivity index (χ0) is 9.26. The maximum absolute atomic E-state index is 5.62. The normalized spacial score (nSPS) is 20.6. The third-order valence-corrected chi connectivity index (χ3v) is 2.97. The van der Waals surface area contributed by atoms with Crippen molar-refractivity contribution in [3.63, 3.8) is 0 Å². The fourth-order valence-electron chi connectivity index (χ4n) is 1.70. The average Bonchev–Trinajstić information content (AvgIpc) is 2.16. The molecule has 2 nitrogen and oxygen atoms in total. The molecule has 1 aliphatic heterocycles. The summed E-state index contributed by atoms with van der Waals surface area (Å²) in [5.74, 6) is 0. The third kappa shape index (κ3) is 1.86. The number of nitrogens with one attached hydrogen (secondary N) is 1. The van der Waals surface area contributed by atoms with Gasteiger partial charge in [-0.3, -0.25) is 0 Å². The molecular formula is C10H13BrN2. The van der Waals surface area contributed by atoms with E-state index in [2.05, 4.69) is 39.4 Å². The average molecular weight is 241 g/mol. The lowest BCUT2D eigenvalue weighted by Crippen LogP contribution is -2.32. The van der Waals surface area contributed by atoms with Crippen LogP contribution in [-0.2, 0) is 6.42 Å². The van der Waals surface area contributed by atoms with Crippen LogP contribution >= 0.6 is 15.9 Å². The second-order valence-electron chi connectivity index (χ2n) is 3.42. The van der Waals surface area contributed by atoms with E-state index in [1.165, 1.54) is 11.3 Å². The molecular weight excluding hydrogens is 228 g/mol. The number of rotatable bonds is 1. The Kier molecular flexibility index (Phi) is 2.56. The predicted octanol–water partition coefficient (Wildman–Crippen LogP) is 2.13. The van der Waals surface area contributed by atoms with Gasteiger partial charge in [0.05, 0.1) is 0 Å². The van der Waals surface area contributed by atoms with Crippen molar-refractivity contribution in [3.8, 4) is 0 Å². The third-order valence-electron chi connectivity index (χ3n) is 2.48. The summed E-state index contributed by atoms with van der Waals surface area (Å²) in [4.78, 5) is 0. The number of aryl methyl sites for hydroxylation is 1. The quantitative estimate of drug-likeness (QED) is 0.790. The molecule has 0 saturated heterocycles. The molecule has 0 bridgehead atoms. The minimum Gasteiger partial charge on any atom is -0.381 e. The van der Waals surface area contributed by atoms with E-state index in [1.807, 2.05) is 0 Å². The molecule has 1 aromatic carbocycles. The second-order valence-corrected chi connectivity index (χ2v) is 4.33. The van der Waals surface area contributed by atoms with Gasteiger partial charge < -0.3 is 11.1 Å². The van der Waals surface area contributed by atoms with Crippen LogP contribution in [0.25, 0.3) is 0 Å². The van der Waals surface area contributed by atoms with Crippen molar-refractivity contribution >= 4 is 21.6 Å². The van der Waals surface area contributed by atoms with Crippen molar-refractivity contribution in [2.45, 2.75) is 18.9 Å². The fourth-order valence-corrected chi connectivity index (χ4v) is 2.06. The molecule has 0 saturated carbocycles. The molecule has 13 heavy (non-hydrogen) atoms. The van der Waals surface area contributed by atoms with Crippen LogP contribution in [0.4, 0.5) is 5.69 Å². The Bertz CT molecular complexity index is 312. The van der Waals surface area contributed by atoms with E-state index in [4.69, 9.17) is 5.73 Å². The smallest absolute Gasteiger partial charge is 0.0387 e. The summed E-state index contributed by atoms with van der Waals surface area (Å²) >= 11 is 3.46. The van der Waals surface area contributed by atoms with Gasteiger partial charge in [0.15, 0.2) is 0 Å². The molecule has 0 amide bonds. The van der Waals surface area contributed by atoms with Gasteiger partial charge >= 0.3 is 0 Å². The molecule has 1 aliphatic rings. The van der Waals surface area contributed by atoms with Gasteiger partial charge in [0, 0.05) is 22.7 Å². The SMILES string of the molecule is NCC1CCc2ccc(Br)cc2N1. The van der Waals surface area contributed by atoms with Crippen LogP contribution < -0.4 is 11.1 Å². The van der Waals surface area contributed by atoms with Crippen LogP contribution in [0.5, 0.6) is 0 Å². The Morgan fingerprint density at radius 1 is 1.54 bits per heavy atom. The lowest BCUT2D eigenvalue weighted by atomic mass is 9.98. The number of anilines is 1. The molecule has 1 atom stereocenters. The Balaban J connectivity index is 2.27. The highest BCUT2D eigenvalue weighted by atomic mass is 79.9. The van der Waals surface area contributed by atoms with Crippen LogP contribution in [0.15, 0.2) is 22.7 Å². The van der Waals surface area contributed by atoms with Gasteiger partial charge in [-0.1, -0.05) is 22.0 Å². The zero-order valence-electron chi connectivity index (χ0n) is 7.39. The molecule has 0 spiro atoms. The van der Waals surface area contributed by atoms with E-state index in [9.17, 15) is 0 Å². The summed E-state index contributed by atoms with van der Waals surface area (Å²) in [7, 11) is 0. The maximum Gasteiger partial charge on any atom is 0.0387 e. The Morgan fingerprint density at radius 2 is 2.38 bits per heavy atom. The lowest BCUT2D eigenvalue weighted by Gasteiger charge is -2.26. The first-order chi connectivity index (χ1) is 6.29. The van der Waals surface area contributed by atoms with E-state index < -0.39 is 0 Å². The van der Waals surface area contributed by atoms with Crippen molar-refractivity contribution in [3.05, 3.63) is 28.2 Å². The monoisotopic (exact) mass is 240 g/mol. The van der Waals surface area contributed by atoms with Crippen molar-refractivity contribution in [2.24, 2.45) is 5.73 Å². The van der Waals surface area contributed by atoms with Gasteiger partial charge in [-0.2, -0.15) is 0 Å². The molecule has 1 unspecified atom stereocenters. The topological polar surface area (TPSA) is 38.0 Å². The van der Waals surface area contributed by atoms with Crippen LogP contribution in [0.2, 0.25) is 0 Å². The second kappa shape index (κ2) is 3.68. The van der Waals surface area contributed by atoms with Crippen molar-refractivity contribution in [1.82, 2.24) is 0 Å². The predicted molar refractivity (Wildman–Crippen MR) is 58.9 cm³/mol. The molecule has 1 heterocycles. The molecule has 70 valence electrons. The van der Waals surface area contributed by atoms with Gasteiger partial charge in [-0.05, 0) is 30.5 Å². The number of halogens is 1. The summed E-state index contributed by atoms with van der Waals surface area (Å²) in [5, 5.41) is 3.43. The number of hydrogen-bond acceptors (Lipinski definition) is 2. The Labute approximate surface area is 86.6 Å².